The molecule has 0 aromatic rings. The molecule has 0 heterocycles. The summed E-state index contributed by atoms with van der Waals surface area (Å²) in [5.41, 5.74) is 0. The fraction of sp³-hybridized carbons (Fsp3) is 0.800. The van der Waals surface area contributed by atoms with E-state index in [1.165, 1.54) is 0 Å². The average molecular weight is 131 g/mol. The van der Waals surface area contributed by atoms with Gasteiger partial charge in [0.1, 0.15) is 6.29 Å². The molecular weight excluding hydrogens is 122 g/mol. The van der Waals surface area contributed by atoms with E-state index < -0.39 is 11.0 Å². The summed E-state index contributed by atoms with van der Waals surface area (Å²) in [5.74, 6) is 0. The number of aldehydes is 1. The zero-order chi connectivity index (χ0) is 7.28. The third-order valence-corrected chi connectivity index (χ3v) is 1.14. The maximum absolute atomic E-state index is 9.97. The van der Waals surface area contributed by atoms with Gasteiger partial charge in [-0.2, -0.15) is 0 Å². The SMILES string of the molecule is CCC(CC=O)[N+](=O)[O-]. The van der Waals surface area contributed by atoms with Crippen molar-refractivity contribution in [3.05, 3.63) is 10.1 Å². The van der Waals surface area contributed by atoms with Crippen molar-refractivity contribution in [1.29, 1.82) is 0 Å². The predicted molar refractivity (Wildman–Crippen MR) is 31.8 cm³/mol. The Balaban J connectivity index is 3.67. The molecule has 4 heteroatoms. The number of hydrogen-bond donors (Lipinski definition) is 0. The number of carbonyl (C=O) groups excluding carboxylic acids is 1. The van der Waals surface area contributed by atoms with Crippen LogP contribution < -0.4 is 0 Å². The smallest absolute Gasteiger partial charge is 0.219 e. The zero-order valence-corrected chi connectivity index (χ0v) is 5.24. The van der Waals surface area contributed by atoms with E-state index in [4.69, 9.17) is 0 Å². The lowest BCUT2D eigenvalue weighted by molar-refractivity contribution is -0.521. The number of hydrogen-bond acceptors (Lipinski definition) is 3. The number of nitro groups is 1. The van der Waals surface area contributed by atoms with Gasteiger partial charge in [-0.25, -0.2) is 0 Å². The summed E-state index contributed by atoms with van der Waals surface area (Å²) in [7, 11) is 0. The molecule has 1 unspecified atom stereocenters. The number of nitrogens with zero attached hydrogens (tertiary/aromatic N) is 1. The molecule has 0 spiro atoms. The number of rotatable bonds is 4. The molecule has 0 N–H and O–H groups in total. The average Bonchev–Trinajstić information content (AvgIpc) is 1.82. The molecule has 0 aliphatic heterocycles. The van der Waals surface area contributed by atoms with Crippen molar-refractivity contribution in [1.82, 2.24) is 0 Å². The Hall–Kier alpha value is -0.930. The van der Waals surface area contributed by atoms with E-state index in [1.54, 1.807) is 6.92 Å². The third kappa shape index (κ3) is 2.79. The molecule has 0 aromatic heterocycles. The van der Waals surface area contributed by atoms with Gasteiger partial charge in [0, 0.05) is 11.3 Å². The van der Waals surface area contributed by atoms with Crippen LogP contribution in [0.2, 0.25) is 0 Å². The Bertz CT molecular complexity index is 113. The van der Waals surface area contributed by atoms with Crippen molar-refractivity contribution >= 4 is 6.29 Å². The van der Waals surface area contributed by atoms with Crippen LogP contribution >= 0.6 is 0 Å². The second-order valence-corrected chi connectivity index (χ2v) is 1.75. The van der Waals surface area contributed by atoms with Gasteiger partial charge >= 0.3 is 0 Å². The van der Waals surface area contributed by atoms with Gasteiger partial charge in [-0.15, -0.1) is 0 Å². The van der Waals surface area contributed by atoms with Gasteiger partial charge in [0.15, 0.2) is 0 Å². The van der Waals surface area contributed by atoms with Crippen molar-refractivity contribution in [3.63, 3.8) is 0 Å². The molecule has 0 fully saturated rings. The normalized spacial score (nSPS) is 12.6. The van der Waals surface area contributed by atoms with Gasteiger partial charge in [-0.3, -0.25) is 10.1 Å². The molecule has 0 saturated carbocycles. The first-order valence-electron chi connectivity index (χ1n) is 2.79. The maximum Gasteiger partial charge on any atom is 0.219 e. The highest BCUT2D eigenvalue weighted by Gasteiger charge is 2.15. The highest BCUT2D eigenvalue weighted by molar-refractivity contribution is 5.49. The third-order valence-electron chi connectivity index (χ3n) is 1.14. The summed E-state index contributed by atoms with van der Waals surface area (Å²) < 4.78 is 0. The van der Waals surface area contributed by atoms with Gasteiger partial charge in [0.25, 0.3) is 0 Å². The van der Waals surface area contributed by atoms with E-state index >= 15 is 0 Å². The van der Waals surface area contributed by atoms with Crippen LogP contribution in [0.4, 0.5) is 0 Å². The number of carbonyl (C=O) groups is 1. The molecule has 0 amide bonds. The highest BCUT2D eigenvalue weighted by Crippen LogP contribution is 1.98. The van der Waals surface area contributed by atoms with Gasteiger partial charge in [-0.1, -0.05) is 6.92 Å². The van der Waals surface area contributed by atoms with Crippen molar-refractivity contribution < 1.29 is 9.72 Å². The van der Waals surface area contributed by atoms with Crippen LogP contribution in [-0.4, -0.2) is 17.3 Å². The Kier molecular flexibility index (Phi) is 3.59. The highest BCUT2D eigenvalue weighted by atomic mass is 16.6. The topological polar surface area (TPSA) is 60.2 Å². The first kappa shape index (κ1) is 8.07. The van der Waals surface area contributed by atoms with E-state index in [9.17, 15) is 14.9 Å². The van der Waals surface area contributed by atoms with Crippen molar-refractivity contribution in [2.45, 2.75) is 25.8 Å². The molecule has 52 valence electrons. The molecule has 0 rings (SSSR count). The molecule has 0 aliphatic carbocycles. The quantitative estimate of drug-likeness (QED) is 0.319. The fourth-order valence-electron chi connectivity index (χ4n) is 0.513. The molecular formula is C5H9NO3. The lowest BCUT2D eigenvalue weighted by Crippen LogP contribution is -2.18. The van der Waals surface area contributed by atoms with Crippen LogP contribution in [0.15, 0.2) is 0 Å². The summed E-state index contributed by atoms with van der Waals surface area (Å²) in [4.78, 5) is 19.3. The van der Waals surface area contributed by atoms with Crippen LogP contribution in [0.25, 0.3) is 0 Å². The maximum atomic E-state index is 9.97. The summed E-state index contributed by atoms with van der Waals surface area (Å²) in [6.45, 7) is 1.69. The van der Waals surface area contributed by atoms with Crippen molar-refractivity contribution in [3.8, 4) is 0 Å². The zero-order valence-electron chi connectivity index (χ0n) is 5.24. The van der Waals surface area contributed by atoms with E-state index in [2.05, 4.69) is 0 Å². The lowest BCUT2D eigenvalue weighted by atomic mass is 10.2. The Morgan fingerprint density at radius 2 is 2.33 bits per heavy atom. The van der Waals surface area contributed by atoms with Crippen molar-refractivity contribution in [2.24, 2.45) is 0 Å². The minimum Gasteiger partial charge on any atom is -0.303 e. The fourth-order valence-corrected chi connectivity index (χ4v) is 0.513. The first-order chi connectivity index (χ1) is 4.22. The molecule has 0 saturated heterocycles. The predicted octanol–water partition coefficient (Wildman–Crippen LogP) is 0.631. The molecule has 0 bridgehead atoms. The van der Waals surface area contributed by atoms with Gasteiger partial charge in [0.2, 0.25) is 6.04 Å². The molecule has 0 aliphatic rings. The second-order valence-electron chi connectivity index (χ2n) is 1.75. The summed E-state index contributed by atoms with van der Waals surface area (Å²) in [6, 6.07) is -0.678. The van der Waals surface area contributed by atoms with Crippen LogP contribution in [0.5, 0.6) is 0 Å². The van der Waals surface area contributed by atoms with Crippen LogP contribution in [0.1, 0.15) is 19.8 Å². The van der Waals surface area contributed by atoms with Crippen LogP contribution in [0, 0.1) is 10.1 Å². The second kappa shape index (κ2) is 4.00. The minimum atomic E-state index is -0.678. The Labute approximate surface area is 53.0 Å². The van der Waals surface area contributed by atoms with Gasteiger partial charge in [0.05, 0.1) is 6.42 Å². The molecule has 1 atom stereocenters. The molecule has 4 nitrogen and oxygen atoms in total. The van der Waals surface area contributed by atoms with Crippen LogP contribution in [-0.2, 0) is 4.79 Å². The Morgan fingerprint density at radius 3 is 2.44 bits per heavy atom. The Morgan fingerprint density at radius 1 is 1.78 bits per heavy atom. The largest absolute Gasteiger partial charge is 0.303 e. The summed E-state index contributed by atoms with van der Waals surface area (Å²) in [6.07, 6.45) is 1.03. The monoisotopic (exact) mass is 131 g/mol. The van der Waals surface area contributed by atoms with E-state index in [0.29, 0.717) is 12.7 Å². The van der Waals surface area contributed by atoms with Gasteiger partial charge < -0.3 is 4.79 Å². The molecule has 9 heavy (non-hydrogen) atoms. The van der Waals surface area contributed by atoms with Crippen molar-refractivity contribution in [2.75, 3.05) is 0 Å². The summed E-state index contributed by atoms with van der Waals surface area (Å²) >= 11 is 0. The van der Waals surface area contributed by atoms with Gasteiger partial charge in [-0.05, 0) is 0 Å². The molecule has 0 radical (unpaired) electrons. The standard InChI is InChI=1S/C5H9NO3/c1-2-5(3-4-7)6(8)9/h4-5H,2-3H2,1H3. The molecule has 0 aromatic carbocycles. The summed E-state index contributed by atoms with van der Waals surface area (Å²) in [5, 5.41) is 9.97. The van der Waals surface area contributed by atoms with E-state index in [0.717, 1.165) is 0 Å². The van der Waals surface area contributed by atoms with Crippen LogP contribution in [0.3, 0.4) is 0 Å². The van der Waals surface area contributed by atoms with E-state index in [1.807, 2.05) is 0 Å². The lowest BCUT2D eigenvalue weighted by Gasteiger charge is -1.99. The van der Waals surface area contributed by atoms with E-state index in [-0.39, 0.29) is 6.42 Å². The first-order valence-corrected chi connectivity index (χ1v) is 2.79. The minimum absolute atomic E-state index is 0.0312.